The molecule has 0 radical (unpaired) electrons. The fraction of sp³-hybridized carbons (Fsp3) is 0.294. The van der Waals surface area contributed by atoms with Gasteiger partial charge in [-0.25, -0.2) is 9.97 Å². The lowest BCUT2D eigenvalue weighted by molar-refractivity contribution is 0.781. The number of anilines is 3. The lowest BCUT2D eigenvalue weighted by atomic mass is 10.2. The zero-order chi connectivity index (χ0) is 17.2. The molecule has 0 unspecified atom stereocenters. The molecule has 0 aliphatic heterocycles. The minimum absolute atomic E-state index is 0.335. The van der Waals surface area contributed by atoms with Crippen molar-refractivity contribution in [1.82, 2.24) is 9.97 Å². The number of nitrogen functional groups attached to an aromatic ring is 1. The maximum Gasteiger partial charge on any atom is 0.157 e. The fourth-order valence-corrected chi connectivity index (χ4v) is 2.25. The molecular formula is C17H19N7. The Morgan fingerprint density at radius 1 is 1.04 bits per heavy atom. The van der Waals surface area contributed by atoms with Crippen molar-refractivity contribution in [1.29, 1.82) is 10.5 Å². The van der Waals surface area contributed by atoms with Crippen LogP contribution in [0, 0.1) is 22.7 Å². The molecule has 0 saturated carbocycles. The number of aromatic nitrogens is 2. The summed E-state index contributed by atoms with van der Waals surface area (Å²) in [6.07, 6.45) is 2.11. The smallest absolute Gasteiger partial charge is 0.157 e. The maximum atomic E-state index is 8.80. The van der Waals surface area contributed by atoms with Crippen LogP contribution in [0.1, 0.15) is 18.4 Å². The van der Waals surface area contributed by atoms with Gasteiger partial charge >= 0.3 is 0 Å². The Morgan fingerprint density at radius 2 is 1.71 bits per heavy atom. The number of rotatable bonds is 8. The second-order valence-electron chi connectivity index (χ2n) is 5.10. The van der Waals surface area contributed by atoms with Crippen LogP contribution in [-0.2, 0) is 6.54 Å². The van der Waals surface area contributed by atoms with Crippen LogP contribution in [0.4, 0.5) is 17.3 Å². The molecule has 0 spiro atoms. The third-order valence-electron chi connectivity index (χ3n) is 3.45. The number of nitriles is 2. The Kier molecular flexibility index (Phi) is 6.36. The third-order valence-corrected chi connectivity index (χ3v) is 3.45. The molecule has 0 atom stereocenters. The molecule has 7 nitrogen and oxygen atoms in total. The highest BCUT2D eigenvalue weighted by Crippen LogP contribution is 2.26. The molecule has 1 heterocycles. The Bertz CT molecular complexity index is 713. The van der Waals surface area contributed by atoms with E-state index >= 15 is 0 Å². The molecule has 3 N–H and O–H groups in total. The Balaban J connectivity index is 2.15. The summed E-state index contributed by atoms with van der Waals surface area (Å²) in [6, 6.07) is 14.1. The van der Waals surface area contributed by atoms with Crippen LogP contribution in [0.15, 0.2) is 36.7 Å². The van der Waals surface area contributed by atoms with E-state index < -0.39 is 0 Å². The van der Waals surface area contributed by atoms with E-state index in [1.165, 1.54) is 6.33 Å². The molecular weight excluding hydrogens is 302 g/mol. The van der Waals surface area contributed by atoms with Crippen LogP contribution < -0.4 is 16.0 Å². The van der Waals surface area contributed by atoms with E-state index in [1.54, 1.807) is 0 Å². The number of nitrogens with two attached hydrogens (primary N) is 1. The topological polar surface area (TPSA) is 115 Å². The van der Waals surface area contributed by atoms with Crippen molar-refractivity contribution in [2.24, 2.45) is 0 Å². The third kappa shape index (κ3) is 4.59. The summed E-state index contributed by atoms with van der Waals surface area (Å²) < 4.78 is 0. The second kappa shape index (κ2) is 8.96. The molecule has 0 amide bonds. The van der Waals surface area contributed by atoms with Crippen LogP contribution in [0.25, 0.3) is 0 Å². The van der Waals surface area contributed by atoms with Gasteiger partial charge in [0, 0.05) is 19.6 Å². The van der Waals surface area contributed by atoms with E-state index in [9.17, 15) is 0 Å². The predicted octanol–water partition coefficient (Wildman–Crippen LogP) is 2.30. The molecule has 0 bridgehead atoms. The SMILES string of the molecule is N#CCCN(CCC#N)c1ncnc(NCc2ccccc2)c1N. The van der Waals surface area contributed by atoms with Crippen LogP contribution >= 0.6 is 0 Å². The van der Waals surface area contributed by atoms with Gasteiger partial charge in [0.05, 0.1) is 25.0 Å². The van der Waals surface area contributed by atoms with Crippen molar-refractivity contribution >= 4 is 17.3 Å². The summed E-state index contributed by atoms with van der Waals surface area (Å²) in [5.41, 5.74) is 7.73. The molecule has 24 heavy (non-hydrogen) atoms. The first-order valence-corrected chi connectivity index (χ1v) is 7.63. The number of hydrogen-bond donors (Lipinski definition) is 2. The minimum Gasteiger partial charge on any atom is -0.393 e. The minimum atomic E-state index is 0.335. The van der Waals surface area contributed by atoms with Crippen molar-refractivity contribution in [3.63, 3.8) is 0 Å². The summed E-state index contributed by atoms with van der Waals surface area (Å²) >= 11 is 0. The molecule has 1 aromatic heterocycles. The van der Waals surface area contributed by atoms with Crippen molar-refractivity contribution in [3.05, 3.63) is 42.2 Å². The first-order valence-electron chi connectivity index (χ1n) is 7.63. The van der Waals surface area contributed by atoms with Crippen molar-refractivity contribution in [3.8, 4) is 12.1 Å². The van der Waals surface area contributed by atoms with Gasteiger partial charge < -0.3 is 16.0 Å². The highest BCUT2D eigenvalue weighted by atomic mass is 15.2. The van der Waals surface area contributed by atoms with Gasteiger partial charge in [0.15, 0.2) is 11.6 Å². The molecule has 1 aromatic carbocycles. The van der Waals surface area contributed by atoms with Crippen molar-refractivity contribution in [2.45, 2.75) is 19.4 Å². The average molecular weight is 321 g/mol. The van der Waals surface area contributed by atoms with E-state index in [0.717, 1.165) is 5.56 Å². The molecule has 7 heteroatoms. The zero-order valence-corrected chi connectivity index (χ0v) is 13.3. The number of hydrogen-bond acceptors (Lipinski definition) is 7. The summed E-state index contributed by atoms with van der Waals surface area (Å²) in [7, 11) is 0. The van der Waals surface area contributed by atoms with Crippen LogP contribution in [-0.4, -0.2) is 23.1 Å². The Labute approximate surface area is 141 Å². The Hall–Kier alpha value is -3.32. The van der Waals surface area contributed by atoms with Crippen LogP contribution in [0.3, 0.4) is 0 Å². The first kappa shape index (κ1) is 17.0. The quantitative estimate of drug-likeness (QED) is 0.766. The van der Waals surface area contributed by atoms with Crippen molar-refractivity contribution in [2.75, 3.05) is 29.0 Å². The largest absolute Gasteiger partial charge is 0.393 e. The summed E-state index contributed by atoms with van der Waals surface area (Å²) in [4.78, 5) is 10.3. The van der Waals surface area contributed by atoms with Gasteiger partial charge in [0.25, 0.3) is 0 Å². The van der Waals surface area contributed by atoms with Gasteiger partial charge in [-0.15, -0.1) is 0 Å². The Morgan fingerprint density at radius 3 is 2.33 bits per heavy atom. The van der Waals surface area contributed by atoms with Gasteiger partial charge in [0.1, 0.15) is 12.0 Å². The van der Waals surface area contributed by atoms with Crippen LogP contribution in [0.2, 0.25) is 0 Å². The maximum absolute atomic E-state index is 8.80. The first-order chi connectivity index (χ1) is 11.8. The summed E-state index contributed by atoms with van der Waals surface area (Å²) in [6.45, 7) is 1.53. The average Bonchev–Trinajstić information content (AvgIpc) is 2.62. The van der Waals surface area contributed by atoms with Gasteiger partial charge in [0.2, 0.25) is 0 Å². The molecule has 0 saturated heterocycles. The number of nitrogens with one attached hydrogen (secondary N) is 1. The van der Waals surface area contributed by atoms with Gasteiger partial charge in [-0.1, -0.05) is 30.3 Å². The fourth-order valence-electron chi connectivity index (χ4n) is 2.25. The molecule has 0 aliphatic rings. The number of nitrogens with zero attached hydrogens (tertiary/aromatic N) is 5. The molecule has 2 aromatic rings. The van der Waals surface area contributed by atoms with Gasteiger partial charge in [-0.3, -0.25) is 0 Å². The summed E-state index contributed by atoms with van der Waals surface area (Å²) in [5, 5.41) is 20.8. The van der Waals surface area contributed by atoms with E-state index in [1.807, 2.05) is 35.2 Å². The lowest BCUT2D eigenvalue weighted by Gasteiger charge is -2.23. The molecule has 0 aliphatic carbocycles. The van der Waals surface area contributed by atoms with Gasteiger partial charge in [-0.2, -0.15) is 10.5 Å². The normalized spacial score (nSPS) is 9.75. The zero-order valence-electron chi connectivity index (χ0n) is 13.3. The predicted molar refractivity (Wildman–Crippen MR) is 92.9 cm³/mol. The van der Waals surface area contributed by atoms with E-state index in [2.05, 4.69) is 27.4 Å². The van der Waals surface area contributed by atoms with E-state index in [0.29, 0.717) is 49.8 Å². The molecule has 2 rings (SSSR count). The second-order valence-corrected chi connectivity index (χ2v) is 5.10. The molecule has 122 valence electrons. The van der Waals surface area contributed by atoms with E-state index in [-0.39, 0.29) is 0 Å². The standard InChI is InChI=1S/C17H19N7/c18-8-4-10-24(11-5-9-19)17-15(20)16(22-13-23-17)21-12-14-6-2-1-3-7-14/h1-3,6-7,13H,4-5,10-12,20H2,(H,21,22,23). The number of benzene rings is 1. The highest BCUT2D eigenvalue weighted by molar-refractivity contribution is 5.74. The highest BCUT2D eigenvalue weighted by Gasteiger charge is 2.14. The van der Waals surface area contributed by atoms with Crippen LogP contribution in [0.5, 0.6) is 0 Å². The lowest BCUT2D eigenvalue weighted by Crippen LogP contribution is -2.27. The monoisotopic (exact) mass is 321 g/mol. The molecule has 0 fully saturated rings. The summed E-state index contributed by atoms with van der Waals surface area (Å²) in [5.74, 6) is 1.09. The van der Waals surface area contributed by atoms with E-state index in [4.69, 9.17) is 16.3 Å². The van der Waals surface area contributed by atoms with Crippen molar-refractivity contribution < 1.29 is 0 Å². The van der Waals surface area contributed by atoms with Gasteiger partial charge in [-0.05, 0) is 5.56 Å².